The van der Waals surface area contributed by atoms with E-state index in [4.69, 9.17) is 9.47 Å². The molecule has 0 aliphatic rings. The minimum absolute atomic E-state index is 0.387. The Kier molecular flexibility index (Phi) is 5.82. The molecule has 4 heteroatoms. The zero-order valence-corrected chi connectivity index (χ0v) is 11.1. The van der Waals surface area contributed by atoms with Gasteiger partial charge >= 0.3 is 5.97 Å². The number of ether oxygens (including phenoxy) is 2. The lowest BCUT2D eigenvalue weighted by Crippen LogP contribution is -2.23. The molecule has 2 atom stereocenters. The molecule has 0 spiro atoms. The molecule has 0 aliphatic heterocycles. The largest absolute Gasteiger partial charge is 0.469 e. The van der Waals surface area contributed by atoms with Gasteiger partial charge in [0.2, 0.25) is 0 Å². The molecule has 0 bridgehead atoms. The van der Waals surface area contributed by atoms with E-state index in [0.717, 1.165) is 5.56 Å². The summed E-state index contributed by atoms with van der Waals surface area (Å²) in [6.07, 6.45) is -0.318. The highest BCUT2D eigenvalue weighted by molar-refractivity contribution is 5.73. The van der Waals surface area contributed by atoms with Crippen molar-refractivity contribution in [1.29, 1.82) is 0 Å². The summed E-state index contributed by atoms with van der Waals surface area (Å²) in [6, 6.07) is 7.41. The van der Waals surface area contributed by atoms with Gasteiger partial charge in [-0.2, -0.15) is 0 Å². The number of carbonyl (C=O) groups is 1. The van der Waals surface area contributed by atoms with Crippen LogP contribution in [0.15, 0.2) is 24.3 Å². The Hall–Kier alpha value is -1.39. The average Bonchev–Trinajstić information content (AvgIpc) is 2.40. The van der Waals surface area contributed by atoms with Crippen molar-refractivity contribution < 1.29 is 19.4 Å². The second-order valence-electron chi connectivity index (χ2n) is 4.16. The Balaban J connectivity index is 2.90. The molecule has 4 nitrogen and oxygen atoms in total. The van der Waals surface area contributed by atoms with Gasteiger partial charge in [0.25, 0.3) is 0 Å². The fourth-order valence-corrected chi connectivity index (χ4v) is 1.94. The first-order valence-electron chi connectivity index (χ1n) is 5.97. The Labute approximate surface area is 108 Å². The van der Waals surface area contributed by atoms with E-state index in [2.05, 4.69) is 0 Å². The highest BCUT2D eigenvalue weighted by atomic mass is 16.5. The third kappa shape index (κ3) is 3.55. The number of benzene rings is 1. The molecule has 0 amide bonds. The molecule has 1 N–H and O–H groups in total. The monoisotopic (exact) mass is 252 g/mol. The van der Waals surface area contributed by atoms with Crippen molar-refractivity contribution in [2.75, 3.05) is 14.2 Å². The van der Waals surface area contributed by atoms with Crippen LogP contribution in [-0.2, 0) is 20.9 Å². The quantitative estimate of drug-likeness (QED) is 0.787. The fraction of sp³-hybridized carbons (Fsp3) is 0.500. The molecule has 1 aromatic rings. The van der Waals surface area contributed by atoms with Crippen LogP contribution < -0.4 is 0 Å². The predicted octanol–water partition coefficient (Wildman–Crippen LogP) is 2.07. The smallest absolute Gasteiger partial charge is 0.311 e. The second-order valence-corrected chi connectivity index (χ2v) is 4.16. The summed E-state index contributed by atoms with van der Waals surface area (Å²) >= 11 is 0. The van der Waals surface area contributed by atoms with Crippen LogP contribution in [0.4, 0.5) is 0 Å². The van der Waals surface area contributed by atoms with Gasteiger partial charge in [0.15, 0.2) is 0 Å². The number of hydrogen-bond acceptors (Lipinski definition) is 4. The maximum atomic E-state index is 11.6. The Bertz CT molecular complexity index is 389. The topological polar surface area (TPSA) is 55.8 Å². The lowest BCUT2D eigenvalue weighted by molar-refractivity contribution is -0.149. The minimum Gasteiger partial charge on any atom is -0.469 e. The number of hydrogen-bond donors (Lipinski definition) is 1. The second kappa shape index (κ2) is 7.13. The molecule has 0 fully saturated rings. The van der Waals surface area contributed by atoms with Crippen LogP contribution in [0.3, 0.4) is 0 Å². The van der Waals surface area contributed by atoms with Crippen LogP contribution in [-0.4, -0.2) is 25.3 Å². The summed E-state index contributed by atoms with van der Waals surface area (Å²) in [5, 5.41) is 10.2. The predicted molar refractivity (Wildman–Crippen MR) is 67.9 cm³/mol. The van der Waals surface area contributed by atoms with Gasteiger partial charge in [-0.3, -0.25) is 4.79 Å². The summed E-state index contributed by atoms with van der Waals surface area (Å²) in [5.41, 5.74) is 1.68. The van der Waals surface area contributed by atoms with Crippen LogP contribution in [0, 0.1) is 5.92 Å². The zero-order valence-electron chi connectivity index (χ0n) is 11.1. The van der Waals surface area contributed by atoms with Gasteiger partial charge in [0, 0.05) is 7.11 Å². The number of carbonyl (C=O) groups excluding carboxylic acids is 1. The first kappa shape index (κ1) is 14.7. The maximum Gasteiger partial charge on any atom is 0.311 e. The molecule has 2 unspecified atom stereocenters. The highest BCUT2D eigenvalue weighted by Crippen LogP contribution is 2.26. The highest BCUT2D eigenvalue weighted by Gasteiger charge is 2.27. The third-order valence-electron chi connectivity index (χ3n) is 2.93. The first-order valence-corrected chi connectivity index (χ1v) is 5.97. The molecular weight excluding hydrogens is 232 g/mol. The molecule has 1 rings (SSSR count). The van der Waals surface area contributed by atoms with Crippen LogP contribution in [0.1, 0.15) is 30.6 Å². The number of esters is 1. The number of aliphatic hydroxyl groups is 1. The van der Waals surface area contributed by atoms with Gasteiger partial charge in [0.05, 0.1) is 25.7 Å². The standard InChI is InChI=1S/C14H20O4/c1-4-12(14(16)18-3)13(15)11-7-5-6-10(8-11)9-17-2/h5-8,12-13,15H,4,9H2,1-3H3. The molecule has 0 aromatic heterocycles. The summed E-state index contributed by atoms with van der Waals surface area (Å²) in [5.74, 6) is -0.921. The van der Waals surface area contributed by atoms with Crippen molar-refractivity contribution in [1.82, 2.24) is 0 Å². The van der Waals surface area contributed by atoms with E-state index >= 15 is 0 Å². The normalized spacial score (nSPS) is 14.0. The Morgan fingerprint density at radius 1 is 1.39 bits per heavy atom. The summed E-state index contributed by atoms with van der Waals surface area (Å²) in [4.78, 5) is 11.6. The van der Waals surface area contributed by atoms with Gasteiger partial charge in [0.1, 0.15) is 0 Å². The summed E-state index contributed by atoms with van der Waals surface area (Å²) in [6.45, 7) is 2.33. The lowest BCUT2D eigenvalue weighted by Gasteiger charge is -2.20. The molecule has 100 valence electrons. The third-order valence-corrected chi connectivity index (χ3v) is 2.93. The van der Waals surface area contributed by atoms with Crippen LogP contribution in [0.25, 0.3) is 0 Å². The molecule has 0 saturated carbocycles. The van der Waals surface area contributed by atoms with E-state index in [1.54, 1.807) is 13.2 Å². The summed E-state index contributed by atoms with van der Waals surface area (Å²) in [7, 11) is 2.95. The van der Waals surface area contributed by atoms with Gasteiger partial charge < -0.3 is 14.6 Å². The Morgan fingerprint density at radius 3 is 2.67 bits per heavy atom. The van der Waals surface area contributed by atoms with Gasteiger partial charge in [-0.05, 0) is 17.5 Å². The molecule has 0 radical (unpaired) electrons. The van der Waals surface area contributed by atoms with E-state index in [9.17, 15) is 9.90 Å². The van der Waals surface area contributed by atoms with E-state index in [0.29, 0.717) is 18.6 Å². The van der Waals surface area contributed by atoms with E-state index in [1.807, 2.05) is 25.1 Å². The van der Waals surface area contributed by atoms with Crippen molar-refractivity contribution in [2.45, 2.75) is 26.1 Å². The van der Waals surface area contributed by atoms with Crippen molar-refractivity contribution in [3.63, 3.8) is 0 Å². The molecular formula is C14H20O4. The number of aliphatic hydroxyl groups excluding tert-OH is 1. The Morgan fingerprint density at radius 2 is 2.11 bits per heavy atom. The van der Waals surface area contributed by atoms with Crippen LogP contribution >= 0.6 is 0 Å². The fourth-order valence-electron chi connectivity index (χ4n) is 1.94. The minimum atomic E-state index is -0.848. The number of methoxy groups -OCH3 is 2. The van der Waals surface area contributed by atoms with Crippen LogP contribution in [0.5, 0.6) is 0 Å². The van der Waals surface area contributed by atoms with E-state index in [-0.39, 0.29) is 5.97 Å². The van der Waals surface area contributed by atoms with Crippen molar-refractivity contribution in [2.24, 2.45) is 5.92 Å². The summed E-state index contributed by atoms with van der Waals surface area (Å²) < 4.78 is 9.74. The van der Waals surface area contributed by atoms with E-state index in [1.165, 1.54) is 7.11 Å². The van der Waals surface area contributed by atoms with Gasteiger partial charge in [-0.1, -0.05) is 31.2 Å². The maximum absolute atomic E-state index is 11.6. The molecule has 0 heterocycles. The number of rotatable bonds is 6. The molecule has 1 aromatic carbocycles. The van der Waals surface area contributed by atoms with Crippen molar-refractivity contribution in [3.05, 3.63) is 35.4 Å². The molecule has 18 heavy (non-hydrogen) atoms. The van der Waals surface area contributed by atoms with E-state index < -0.39 is 12.0 Å². The first-order chi connectivity index (χ1) is 8.63. The average molecular weight is 252 g/mol. The molecule has 0 saturated heterocycles. The zero-order chi connectivity index (χ0) is 13.5. The lowest BCUT2D eigenvalue weighted by atomic mass is 9.92. The van der Waals surface area contributed by atoms with Crippen molar-refractivity contribution in [3.8, 4) is 0 Å². The SMILES string of the molecule is CCC(C(=O)OC)C(O)c1cccc(COC)c1. The van der Waals surface area contributed by atoms with Crippen LogP contribution in [0.2, 0.25) is 0 Å². The van der Waals surface area contributed by atoms with Crippen molar-refractivity contribution >= 4 is 5.97 Å². The van der Waals surface area contributed by atoms with Gasteiger partial charge in [-0.25, -0.2) is 0 Å². The van der Waals surface area contributed by atoms with Gasteiger partial charge in [-0.15, -0.1) is 0 Å². The molecule has 0 aliphatic carbocycles.